The van der Waals surface area contributed by atoms with Crippen LogP contribution in [0.3, 0.4) is 0 Å². The van der Waals surface area contributed by atoms with E-state index in [-0.39, 0.29) is 6.04 Å². The third kappa shape index (κ3) is 1.55. The van der Waals surface area contributed by atoms with Crippen molar-refractivity contribution in [1.82, 2.24) is 20.5 Å². The maximum atomic E-state index is 5.50. The van der Waals surface area contributed by atoms with Gasteiger partial charge in [0.2, 0.25) is 5.95 Å². The molecule has 2 heterocycles. The molecule has 3 rings (SSSR count). The van der Waals surface area contributed by atoms with Gasteiger partial charge in [-0.2, -0.15) is 4.98 Å². The summed E-state index contributed by atoms with van der Waals surface area (Å²) in [5.41, 5.74) is 8.21. The summed E-state index contributed by atoms with van der Waals surface area (Å²) < 4.78 is 0. The van der Waals surface area contributed by atoms with E-state index in [0.29, 0.717) is 5.95 Å². The van der Waals surface area contributed by atoms with Crippen LogP contribution in [0, 0.1) is 0 Å². The number of H-pyrrole nitrogens is 1. The fourth-order valence-electron chi connectivity index (χ4n) is 2.09. The van der Waals surface area contributed by atoms with Crippen LogP contribution in [0.25, 0.3) is 0 Å². The molecule has 1 aliphatic rings. The van der Waals surface area contributed by atoms with Crippen LogP contribution in [0.4, 0.5) is 5.95 Å². The van der Waals surface area contributed by atoms with Crippen LogP contribution in [-0.4, -0.2) is 15.2 Å². The van der Waals surface area contributed by atoms with Crippen molar-refractivity contribution in [2.75, 3.05) is 5.73 Å². The van der Waals surface area contributed by atoms with Crippen molar-refractivity contribution in [2.45, 2.75) is 19.0 Å². The van der Waals surface area contributed by atoms with Crippen LogP contribution in [0.2, 0.25) is 0 Å². The molecule has 0 radical (unpaired) electrons. The van der Waals surface area contributed by atoms with Gasteiger partial charge in [0, 0.05) is 6.54 Å². The Labute approximate surface area is 93.1 Å². The van der Waals surface area contributed by atoms with Gasteiger partial charge in [0.25, 0.3) is 0 Å². The molecule has 5 nitrogen and oxygen atoms in total. The van der Waals surface area contributed by atoms with Crippen LogP contribution in [-0.2, 0) is 13.0 Å². The molecule has 0 amide bonds. The fraction of sp³-hybridized carbons (Fsp3) is 0.273. The number of benzene rings is 1. The third-order valence-corrected chi connectivity index (χ3v) is 2.93. The highest BCUT2D eigenvalue weighted by molar-refractivity contribution is 5.31. The zero-order valence-corrected chi connectivity index (χ0v) is 8.77. The van der Waals surface area contributed by atoms with Crippen LogP contribution < -0.4 is 11.1 Å². The van der Waals surface area contributed by atoms with Gasteiger partial charge in [0.05, 0.1) is 6.04 Å². The fourth-order valence-corrected chi connectivity index (χ4v) is 2.09. The Morgan fingerprint density at radius 3 is 2.81 bits per heavy atom. The van der Waals surface area contributed by atoms with Crippen LogP contribution in [0.15, 0.2) is 24.3 Å². The summed E-state index contributed by atoms with van der Waals surface area (Å²) in [6.07, 6.45) is 0.921. The van der Waals surface area contributed by atoms with Gasteiger partial charge in [-0.25, -0.2) is 0 Å². The first-order valence-corrected chi connectivity index (χ1v) is 5.31. The molecule has 16 heavy (non-hydrogen) atoms. The smallest absolute Gasteiger partial charge is 0.239 e. The van der Waals surface area contributed by atoms with E-state index in [0.717, 1.165) is 18.8 Å². The van der Waals surface area contributed by atoms with Gasteiger partial charge in [0.1, 0.15) is 5.82 Å². The van der Waals surface area contributed by atoms with Crippen LogP contribution in [0.5, 0.6) is 0 Å². The van der Waals surface area contributed by atoms with Gasteiger partial charge in [-0.15, -0.1) is 5.10 Å². The van der Waals surface area contributed by atoms with Gasteiger partial charge in [-0.05, 0) is 17.5 Å². The second-order valence-corrected chi connectivity index (χ2v) is 3.99. The molecule has 0 spiro atoms. The number of hydrogen-bond acceptors (Lipinski definition) is 4. The molecular formula is C11H13N5. The third-order valence-electron chi connectivity index (χ3n) is 2.93. The number of nitrogens with zero attached hydrogens (tertiary/aromatic N) is 2. The topological polar surface area (TPSA) is 79.6 Å². The minimum Gasteiger partial charge on any atom is -0.367 e. The predicted octanol–water partition coefficient (Wildman–Crippen LogP) is 0.774. The van der Waals surface area contributed by atoms with Crippen molar-refractivity contribution >= 4 is 5.95 Å². The predicted molar refractivity (Wildman–Crippen MR) is 60.5 cm³/mol. The highest BCUT2D eigenvalue weighted by Gasteiger charge is 2.21. The molecule has 5 heteroatoms. The number of nitrogens with two attached hydrogens (primary N) is 1. The van der Waals surface area contributed by atoms with Gasteiger partial charge >= 0.3 is 0 Å². The quantitative estimate of drug-likeness (QED) is 0.656. The minimum atomic E-state index is 0.180. The van der Waals surface area contributed by atoms with Gasteiger partial charge < -0.3 is 11.1 Å². The number of nitrogens with one attached hydrogen (secondary N) is 2. The Morgan fingerprint density at radius 2 is 2.06 bits per heavy atom. The highest BCUT2D eigenvalue weighted by atomic mass is 15.3. The van der Waals surface area contributed by atoms with E-state index in [4.69, 9.17) is 5.73 Å². The van der Waals surface area contributed by atoms with E-state index < -0.39 is 0 Å². The molecule has 0 bridgehead atoms. The summed E-state index contributed by atoms with van der Waals surface area (Å²) in [6.45, 7) is 0.863. The summed E-state index contributed by atoms with van der Waals surface area (Å²) in [5, 5.41) is 10.1. The second-order valence-electron chi connectivity index (χ2n) is 3.99. The Hall–Kier alpha value is -1.88. The van der Waals surface area contributed by atoms with E-state index in [1.165, 1.54) is 11.1 Å². The molecule has 0 fully saturated rings. The molecule has 0 saturated heterocycles. The summed E-state index contributed by atoms with van der Waals surface area (Å²) in [7, 11) is 0. The second kappa shape index (κ2) is 3.61. The number of nitrogen functional groups attached to an aromatic ring is 1. The van der Waals surface area contributed by atoms with E-state index in [1.54, 1.807) is 0 Å². The number of aromatic nitrogens is 3. The Bertz CT molecular complexity index is 505. The molecule has 0 saturated carbocycles. The van der Waals surface area contributed by atoms with E-state index >= 15 is 0 Å². The van der Waals surface area contributed by atoms with Crippen molar-refractivity contribution in [1.29, 1.82) is 0 Å². The SMILES string of the molecule is Nc1n[nH]c(C2Cc3ccccc3CN2)n1. The lowest BCUT2D eigenvalue weighted by Crippen LogP contribution is -2.29. The lowest BCUT2D eigenvalue weighted by molar-refractivity contribution is 0.478. The Morgan fingerprint density at radius 1 is 1.25 bits per heavy atom. The summed E-state index contributed by atoms with van der Waals surface area (Å²) in [4.78, 5) is 4.16. The van der Waals surface area contributed by atoms with Crippen molar-refractivity contribution < 1.29 is 0 Å². The molecule has 4 N–H and O–H groups in total. The zero-order valence-electron chi connectivity index (χ0n) is 8.77. The standard InChI is InChI=1S/C11H13N5/c12-11-14-10(15-16-11)9-5-7-3-1-2-4-8(7)6-13-9/h1-4,9,13H,5-6H2,(H3,12,14,15,16). The van der Waals surface area contributed by atoms with E-state index in [9.17, 15) is 0 Å². The van der Waals surface area contributed by atoms with Crippen molar-refractivity contribution in [3.8, 4) is 0 Å². The van der Waals surface area contributed by atoms with E-state index in [1.807, 2.05) is 0 Å². The highest BCUT2D eigenvalue weighted by Crippen LogP contribution is 2.23. The molecule has 0 aliphatic carbocycles. The molecule has 1 unspecified atom stereocenters. The summed E-state index contributed by atoms with van der Waals surface area (Å²) >= 11 is 0. The number of aromatic amines is 1. The Kier molecular flexibility index (Phi) is 2.11. The molecular weight excluding hydrogens is 202 g/mol. The lowest BCUT2D eigenvalue weighted by atomic mass is 9.96. The summed E-state index contributed by atoms with van der Waals surface area (Å²) in [5.74, 6) is 1.11. The van der Waals surface area contributed by atoms with E-state index in [2.05, 4.69) is 44.8 Å². The van der Waals surface area contributed by atoms with Crippen molar-refractivity contribution in [2.24, 2.45) is 0 Å². The molecule has 1 aromatic carbocycles. The normalized spacial score (nSPS) is 19.4. The van der Waals surface area contributed by atoms with Gasteiger partial charge in [-0.3, -0.25) is 5.10 Å². The summed E-state index contributed by atoms with van der Waals surface area (Å²) in [6, 6.07) is 8.61. The van der Waals surface area contributed by atoms with Crippen molar-refractivity contribution in [3.63, 3.8) is 0 Å². The number of hydrogen-bond donors (Lipinski definition) is 3. The van der Waals surface area contributed by atoms with Crippen molar-refractivity contribution in [3.05, 3.63) is 41.2 Å². The zero-order chi connectivity index (χ0) is 11.0. The average molecular weight is 215 g/mol. The largest absolute Gasteiger partial charge is 0.367 e. The maximum absolute atomic E-state index is 5.50. The van der Waals surface area contributed by atoms with Gasteiger partial charge in [-0.1, -0.05) is 24.3 Å². The number of anilines is 1. The lowest BCUT2D eigenvalue weighted by Gasteiger charge is -2.24. The molecule has 1 atom stereocenters. The maximum Gasteiger partial charge on any atom is 0.239 e. The average Bonchev–Trinajstić information content (AvgIpc) is 2.75. The first-order valence-electron chi connectivity index (χ1n) is 5.31. The molecule has 1 aromatic heterocycles. The van der Waals surface area contributed by atoms with Gasteiger partial charge in [0.15, 0.2) is 0 Å². The first-order chi connectivity index (χ1) is 7.83. The number of rotatable bonds is 1. The number of fused-ring (bicyclic) bond motifs is 1. The Balaban J connectivity index is 1.88. The van der Waals surface area contributed by atoms with Crippen LogP contribution in [0.1, 0.15) is 23.0 Å². The molecule has 82 valence electrons. The first kappa shape index (κ1) is 9.35. The van der Waals surface area contributed by atoms with Crippen LogP contribution >= 0.6 is 0 Å². The molecule has 2 aromatic rings. The minimum absolute atomic E-state index is 0.180. The molecule has 1 aliphatic heterocycles. The monoisotopic (exact) mass is 215 g/mol.